The first kappa shape index (κ1) is 104. The third-order valence-electron chi connectivity index (χ3n) is 17.5. The number of carbonyl (C=O) groups excluding carboxylic acids is 6. The molecule has 0 rings (SSSR count). The summed E-state index contributed by atoms with van der Waals surface area (Å²) in [6.07, 6.45) is 47.6. The van der Waals surface area contributed by atoms with Gasteiger partial charge in [0.2, 0.25) is 23.6 Å². The van der Waals surface area contributed by atoms with E-state index in [1.165, 1.54) is 135 Å². The van der Waals surface area contributed by atoms with Crippen LogP contribution in [0.4, 0.5) is 0 Å². The molecule has 0 aliphatic heterocycles. The molecule has 0 aliphatic rings. The fraction of sp³-hybridized carbons (Fsp3) is 0.920. The van der Waals surface area contributed by atoms with E-state index in [-0.39, 0.29) is 147 Å². The Hall–Kier alpha value is -1.04. The molecule has 6 atom stereocenters. The number of esters is 2. The number of ether oxygens (including phenoxy) is 4. The topological polar surface area (TPSA) is 305 Å². The maximum absolute atomic E-state index is 13.2. The van der Waals surface area contributed by atoms with Crippen LogP contribution in [0.5, 0.6) is 0 Å². The molecule has 2 unspecified atom stereocenters. The zero-order valence-corrected chi connectivity index (χ0v) is 71.1. The zero-order valence-electron chi connectivity index (χ0n) is 65.3. The molecule has 0 heterocycles. The molecule has 0 saturated carbocycles. The fourth-order valence-electron chi connectivity index (χ4n) is 11.6. The Morgan fingerprint density at radius 3 is 0.941 bits per heavy atom. The summed E-state index contributed by atoms with van der Waals surface area (Å²) in [5.41, 5.74) is 0. The maximum Gasteiger partial charge on any atom is 1.00 e. The van der Waals surface area contributed by atoms with Crippen molar-refractivity contribution in [2.24, 2.45) is 0 Å². The summed E-state index contributed by atoms with van der Waals surface area (Å²) >= 11 is 0. The van der Waals surface area contributed by atoms with E-state index in [0.717, 1.165) is 122 Å². The Labute approximate surface area is 657 Å². The van der Waals surface area contributed by atoms with Crippen molar-refractivity contribution in [1.29, 1.82) is 0 Å². The molecule has 0 bridgehead atoms. The second-order valence-corrected chi connectivity index (χ2v) is 30.0. The molecule has 584 valence electrons. The minimum absolute atomic E-state index is 0. The number of unbranched alkanes of at least 4 members (excludes halogenated alkanes) is 36. The minimum atomic E-state index is -4.98. The van der Waals surface area contributed by atoms with E-state index in [9.17, 15) is 47.7 Å². The second-order valence-electron chi connectivity index (χ2n) is 27.2. The standard InChI is InChI=1S/C75H146N4O18P2.2Na/c1-7-12-17-22-25-28-30-33-35-40-45-50-71(81)78-67(62-90-57-53-69(96-66(6)80)48-43-38-20-15-10-4)64-94-98(86,87)92-59-55-76-73(83)61-74(84)77-56-60-93-99(88,89)95-65-68(79-72(82)51-46-41-36-34-31-29-26-23-18-13-8-2)63-91-58-54-70(49-44-39-21-16-11-5)97-75(85)52-47-42-37-32-27-24-19-14-9-3;;/h67-70H,7-65H2,1-6H3,(H,76,83)(H,77,84)(H,78,81)(H,79,82)(H,86,87)(H,88,89);;/q;2*+1/p-2/t67-,68-,69-,70-;;/m1../s1. The van der Waals surface area contributed by atoms with Crippen molar-refractivity contribution in [3.63, 3.8) is 0 Å². The summed E-state index contributed by atoms with van der Waals surface area (Å²) in [4.78, 5) is 102. The SMILES string of the molecule is CCCCCCCCCCCCCC(=O)N[C@H](COCC[C@@H](CCCCCCC)OC(C)=O)COP(=O)([O-])OCCNC(=O)CC(=O)NCCOP(=O)([O-])OC[C@@H](COCC[C@@H](CCCCCCC)OC(=O)CCCCCCCCCCC)NC(=O)CCCCCCCCCCCCC.[Na+].[Na+]. The van der Waals surface area contributed by atoms with E-state index in [1.807, 2.05) is 0 Å². The van der Waals surface area contributed by atoms with Crippen LogP contribution in [-0.4, -0.2) is 126 Å². The fourth-order valence-corrected chi connectivity index (χ4v) is 13.1. The van der Waals surface area contributed by atoms with Gasteiger partial charge in [0.25, 0.3) is 15.6 Å². The average Bonchev–Trinajstić information content (AvgIpc) is 1.04. The molecular weight excluding hydrogens is 1350 g/mol. The minimum Gasteiger partial charge on any atom is -0.756 e. The van der Waals surface area contributed by atoms with Crippen LogP contribution < -0.4 is 90.2 Å². The van der Waals surface area contributed by atoms with E-state index in [2.05, 4.69) is 55.9 Å². The van der Waals surface area contributed by atoms with Crippen LogP contribution in [0, 0.1) is 0 Å². The predicted octanol–water partition coefficient (Wildman–Crippen LogP) is 10.3. The summed E-state index contributed by atoms with van der Waals surface area (Å²) < 4.78 is 69.6. The first-order valence-electron chi connectivity index (χ1n) is 39.7. The summed E-state index contributed by atoms with van der Waals surface area (Å²) in [6, 6.07) is -1.72. The molecule has 4 N–H and O–H groups in total. The number of amides is 4. The van der Waals surface area contributed by atoms with Gasteiger partial charge in [-0.2, -0.15) is 0 Å². The van der Waals surface area contributed by atoms with Gasteiger partial charge in [-0.05, 0) is 44.9 Å². The van der Waals surface area contributed by atoms with Gasteiger partial charge in [-0.25, -0.2) is 0 Å². The van der Waals surface area contributed by atoms with Crippen LogP contribution in [0.3, 0.4) is 0 Å². The normalized spacial score (nSPS) is 13.7. The van der Waals surface area contributed by atoms with Gasteiger partial charge in [0.15, 0.2) is 0 Å². The van der Waals surface area contributed by atoms with Gasteiger partial charge < -0.3 is 68.1 Å². The molecular formula is C75H144N4Na2O18P2. The third kappa shape index (κ3) is 74.2. The van der Waals surface area contributed by atoms with Gasteiger partial charge in [0.05, 0.1) is 64.9 Å². The largest absolute Gasteiger partial charge is 1.00 e. The van der Waals surface area contributed by atoms with Gasteiger partial charge in [-0.3, -0.25) is 37.9 Å². The van der Waals surface area contributed by atoms with Crippen molar-refractivity contribution < 1.29 is 144 Å². The summed E-state index contributed by atoms with van der Waals surface area (Å²) in [7, 11) is -9.94. The molecule has 0 aromatic rings. The van der Waals surface area contributed by atoms with Crippen LogP contribution in [0.1, 0.15) is 356 Å². The number of nitrogens with one attached hydrogen (secondary N) is 4. The smallest absolute Gasteiger partial charge is 0.756 e. The van der Waals surface area contributed by atoms with Crippen molar-refractivity contribution in [3.05, 3.63) is 0 Å². The van der Waals surface area contributed by atoms with Gasteiger partial charge in [-0.15, -0.1) is 0 Å². The summed E-state index contributed by atoms with van der Waals surface area (Å²) in [5.74, 6) is -2.69. The number of hydrogen-bond donors (Lipinski definition) is 4. The Balaban J connectivity index is -0.0000480. The first-order valence-corrected chi connectivity index (χ1v) is 42.6. The molecule has 26 heteroatoms. The molecule has 0 saturated heterocycles. The van der Waals surface area contributed by atoms with Crippen LogP contribution in [0.2, 0.25) is 0 Å². The van der Waals surface area contributed by atoms with Crippen LogP contribution >= 0.6 is 15.6 Å². The number of rotatable bonds is 76. The summed E-state index contributed by atoms with van der Waals surface area (Å²) in [5, 5.41) is 10.5. The number of hydrogen-bond acceptors (Lipinski definition) is 18. The quantitative estimate of drug-likeness (QED) is 0.0145. The van der Waals surface area contributed by atoms with Gasteiger partial charge in [0, 0.05) is 52.1 Å². The number of carbonyl (C=O) groups is 6. The maximum atomic E-state index is 13.2. The number of phosphoric acid groups is 2. The third-order valence-corrected chi connectivity index (χ3v) is 19.4. The summed E-state index contributed by atoms with van der Waals surface area (Å²) in [6.45, 7) is 9.88. The van der Waals surface area contributed by atoms with Gasteiger partial charge in [0.1, 0.15) is 18.6 Å². The Bertz CT molecular complexity index is 2060. The van der Waals surface area contributed by atoms with Crippen molar-refractivity contribution in [3.8, 4) is 0 Å². The van der Waals surface area contributed by atoms with Crippen molar-refractivity contribution in [2.75, 3.05) is 65.9 Å². The Kier molecular flexibility index (Phi) is 78.1. The second kappa shape index (κ2) is 75.8. The first-order chi connectivity index (χ1) is 47.9. The van der Waals surface area contributed by atoms with E-state index >= 15 is 0 Å². The molecule has 0 radical (unpaired) electrons. The molecule has 101 heavy (non-hydrogen) atoms. The van der Waals surface area contributed by atoms with Gasteiger partial charge >= 0.3 is 71.1 Å². The molecule has 0 spiro atoms. The number of phosphoric ester groups is 2. The van der Waals surface area contributed by atoms with E-state index < -0.39 is 72.4 Å². The molecule has 0 aromatic carbocycles. The van der Waals surface area contributed by atoms with E-state index in [4.69, 9.17) is 37.0 Å². The Morgan fingerprint density at radius 1 is 0.337 bits per heavy atom. The zero-order chi connectivity index (χ0) is 73.0. The van der Waals surface area contributed by atoms with Crippen molar-refractivity contribution >= 4 is 51.2 Å². The molecule has 0 aliphatic carbocycles. The Morgan fingerprint density at radius 2 is 0.624 bits per heavy atom. The van der Waals surface area contributed by atoms with E-state index in [1.54, 1.807) is 0 Å². The molecule has 22 nitrogen and oxygen atoms in total. The van der Waals surface area contributed by atoms with Gasteiger partial charge in [-0.1, -0.05) is 266 Å². The predicted molar refractivity (Wildman–Crippen MR) is 391 cm³/mol. The molecule has 4 amide bonds. The monoisotopic (exact) mass is 1500 g/mol. The molecule has 0 aromatic heterocycles. The van der Waals surface area contributed by atoms with Crippen LogP contribution in [-0.2, 0) is 74.9 Å². The van der Waals surface area contributed by atoms with E-state index in [0.29, 0.717) is 44.9 Å². The van der Waals surface area contributed by atoms with Crippen LogP contribution in [0.25, 0.3) is 0 Å². The van der Waals surface area contributed by atoms with Crippen LogP contribution in [0.15, 0.2) is 0 Å². The van der Waals surface area contributed by atoms with Crippen molar-refractivity contribution in [2.45, 2.75) is 380 Å². The molecule has 0 fully saturated rings. The average molecular weight is 1500 g/mol. The van der Waals surface area contributed by atoms with Crippen molar-refractivity contribution in [1.82, 2.24) is 21.3 Å².